The van der Waals surface area contributed by atoms with E-state index in [0.717, 1.165) is 11.1 Å². The van der Waals surface area contributed by atoms with Crippen LogP contribution >= 0.6 is 24.0 Å². The number of anilines is 1. The number of carboxylic acids is 1. The molecule has 3 aromatic carbocycles. The van der Waals surface area contributed by atoms with Gasteiger partial charge in [-0.25, -0.2) is 4.79 Å². The Morgan fingerprint density at radius 2 is 1.84 bits per heavy atom. The minimum atomic E-state index is -1.06. The zero-order chi connectivity index (χ0) is 22.7. The largest absolute Gasteiger partial charge is 0.488 e. The lowest BCUT2D eigenvalue weighted by Gasteiger charge is -2.15. The van der Waals surface area contributed by atoms with Gasteiger partial charge in [0, 0.05) is 5.56 Å². The Kier molecular flexibility index (Phi) is 6.39. The lowest BCUT2D eigenvalue weighted by Crippen LogP contribution is -2.27. The van der Waals surface area contributed by atoms with E-state index in [-0.39, 0.29) is 11.5 Å². The summed E-state index contributed by atoms with van der Waals surface area (Å²) in [5.74, 6) is -0.699. The number of carbonyl (C=O) groups is 2. The number of rotatable bonds is 6. The molecule has 1 amide bonds. The van der Waals surface area contributed by atoms with Crippen LogP contribution in [0.3, 0.4) is 0 Å². The number of para-hydroxylation sites is 1. The highest BCUT2D eigenvalue weighted by molar-refractivity contribution is 8.27. The summed E-state index contributed by atoms with van der Waals surface area (Å²) < 4.78 is 6.36. The fraction of sp³-hybridized carbons (Fsp3) is 0.0800. The summed E-state index contributed by atoms with van der Waals surface area (Å²) in [6.45, 7) is 2.45. The van der Waals surface area contributed by atoms with Gasteiger partial charge in [0.2, 0.25) is 0 Å². The Labute approximate surface area is 195 Å². The first-order valence-electron chi connectivity index (χ1n) is 9.81. The Morgan fingerprint density at radius 1 is 1.09 bits per heavy atom. The van der Waals surface area contributed by atoms with Gasteiger partial charge in [0.05, 0.1) is 16.2 Å². The SMILES string of the molecule is Cc1ccc(COc2ccccc2/C=C2/SC(=S)N(c3cccc(C(=O)O)c3)C2=O)cc1. The van der Waals surface area contributed by atoms with E-state index >= 15 is 0 Å². The number of thioether (sulfide) groups is 1. The van der Waals surface area contributed by atoms with Gasteiger partial charge in [-0.1, -0.05) is 78.1 Å². The van der Waals surface area contributed by atoms with Gasteiger partial charge in [-0.15, -0.1) is 0 Å². The summed E-state index contributed by atoms with van der Waals surface area (Å²) in [5, 5.41) is 9.24. The molecule has 0 aromatic heterocycles. The fourth-order valence-electron chi connectivity index (χ4n) is 3.19. The number of hydrogen-bond donors (Lipinski definition) is 1. The molecule has 160 valence electrons. The second-order valence-electron chi connectivity index (χ2n) is 7.18. The van der Waals surface area contributed by atoms with Crippen molar-refractivity contribution in [1.82, 2.24) is 0 Å². The van der Waals surface area contributed by atoms with Gasteiger partial charge in [-0.2, -0.15) is 0 Å². The minimum Gasteiger partial charge on any atom is -0.488 e. The normalized spacial score (nSPS) is 14.8. The van der Waals surface area contributed by atoms with Gasteiger partial charge in [0.25, 0.3) is 5.91 Å². The predicted octanol–water partition coefficient (Wildman–Crippen LogP) is 5.68. The Morgan fingerprint density at radius 3 is 2.59 bits per heavy atom. The van der Waals surface area contributed by atoms with Crippen LogP contribution in [0.2, 0.25) is 0 Å². The third-order valence-corrected chi connectivity index (χ3v) is 6.17. The van der Waals surface area contributed by atoms with Gasteiger partial charge in [-0.3, -0.25) is 9.69 Å². The smallest absolute Gasteiger partial charge is 0.335 e. The minimum absolute atomic E-state index is 0.0929. The molecule has 32 heavy (non-hydrogen) atoms. The number of carbonyl (C=O) groups excluding carboxylic acids is 1. The molecule has 1 fully saturated rings. The lowest BCUT2D eigenvalue weighted by atomic mass is 10.1. The maximum atomic E-state index is 13.1. The number of benzene rings is 3. The van der Waals surface area contributed by atoms with Crippen molar-refractivity contribution >= 4 is 51.9 Å². The average molecular weight is 462 g/mol. The molecular formula is C25H19NO4S2. The number of aryl methyl sites for hydroxylation is 1. The number of aromatic carboxylic acids is 1. The summed E-state index contributed by atoms with van der Waals surface area (Å²) >= 11 is 6.59. The first-order chi connectivity index (χ1) is 15.4. The zero-order valence-corrected chi connectivity index (χ0v) is 18.8. The number of carboxylic acid groups (broad SMARTS) is 1. The quantitative estimate of drug-likeness (QED) is 0.376. The Balaban J connectivity index is 1.57. The third kappa shape index (κ3) is 4.74. The molecule has 7 heteroatoms. The molecule has 0 unspecified atom stereocenters. The van der Waals surface area contributed by atoms with Crippen LogP contribution in [0.1, 0.15) is 27.0 Å². The van der Waals surface area contributed by atoms with Crippen molar-refractivity contribution in [3.05, 3.63) is 100.0 Å². The summed E-state index contributed by atoms with van der Waals surface area (Å²) in [6, 6.07) is 21.8. The summed E-state index contributed by atoms with van der Waals surface area (Å²) in [4.78, 5) is 26.2. The van der Waals surface area contributed by atoms with Crippen LogP contribution < -0.4 is 9.64 Å². The van der Waals surface area contributed by atoms with Gasteiger partial charge in [-0.05, 0) is 42.8 Å². The predicted molar refractivity (Wildman–Crippen MR) is 131 cm³/mol. The van der Waals surface area contributed by atoms with Crippen LogP contribution in [-0.2, 0) is 11.4 Å². The van der Waals surface area contributed by atoms with Crippen LogP contribution in [0.15, 0.2) is 77.7 Å². The van der Waals surface area contributed by atoms with Gasteiger partial charge >= 0.3 is 5.97 Å². The van der Waals surface area contributed by atoms with Crippen molar-refractivity contribution < 1.29 is 19.4 Å². The highest BCUT2D eigenvalue weighted by atomic mass is 32.2. The van der Waals surface area contributed by atoms with E-state index in [0.29, 0.717) is 27.3 Å². The number of ether oxygens (including phenoxy) is 1. The number of hydrogen-bond acceptors (Lipinski definition) is 5. The van der Waals surface area contributed by atoms with Crippen molar-refractivity contribution in [2.45, 2.75) is 13.5 Å². The van der Waals surface area contributed by atoms with Crippen LogP contribution in [-0.4, -0.2) is 21.3 Å². The molecule has 4 rings (SSSR count). The highest BCUT2D eigenvalue weighted by Gasteiger charge is 2.33. The highest BCUT2D eigenvalue weighted by Crippen LogP contribution is 2.37. The van der Waals surface area contributed by atoms with Crippen molar-refractivity contribution in [3.63, 3.8) is 0 Å². The van der Waals surface area contributed by atoms with E-state index < -0.39 is 5.97 Å². The third-order valence-electron chi connectivity index (χ3n) is 4.87. The molecule has 1 saturated heterocycles. The molecule has 0 spiro atoms. The molecule has 1 N–H and O–H groups in total. The maximum Gasteiger partial charge on any atom is 0.335 e. The van der Waals surface area contributed by atoms with E-state index in [1.54, 1.807) is 18.2 Å². The molecule has 0 radical (unpaired) electrons. The molecule has 1 heterocycles. The molecule has 3 aromatic rings. The molecule has 0 aliphatic carbocycles. The van der Waals surface area contributed by atoms with E-state index in [9.17, 15) is 14.7 Å². The molecule has 0 saturated carbocycles. The molecule has 1 aliphatic rings. The lowest BCUT2D eigenvalue weighted by molar-refractivity contribution is -0.113. The van der Waals surface area contributed by atoms with Crippen LogP contribution in [0.25, 0.3) is 6.08 Å². The molecule has 5 nitrogen and oxygen atoms in total. The average Bonchev–Trinajstić information content (AvgIpc) is 3.07. The van der Waals surface area contributed by atoms with Crippen molar-refractivity contribution in [2.24, 2.45) is 0 Å². The monoisotopic (exact) mass is 461 g/mol. The number of amides is 1. The summed E-state index contributed by atoms with van der Waals surface area (Å²) in [7, 11) is 0. The number of nitrogens with zero attached hydrogens (tertiary/aromatic N) is 1. The van der Waals surface area contributed by atoms with Gasteiger partial charge < -0.3 is 9.84 Å². The molecular weight excluding hydrogens is 442 g/mol. The van der Waals surface area contributed by atoms with Crippen LogP contribution in [0, 0.1) is 6.92 Å². The van der Waals surface area contributed by atoms with Gasteiger partial charge in [0.15, 0.2) is 4.32 Å². The van der Waals surface area contributed by atoms with Crippen molar-refractivity contribution in [2.75, 3.05) is 4.90 Å². The first kappa shape index (κ1) is 21.8. The van der Waals surface area contributed by atoms with Crippen LogP contribution in [0.5, 0.6) is 5.75 Å². The first-order valence-corrected chi connectivity index (χ1v) is 11.0. The van der Waals surface area contributed by atoms with E-state index in [2.05, 4.69) is 0 Å². The summed E-state index contributed by atoms with van der Waals surface area (Å²) in [5.41, 5.74) is 3.52. The van der Waals surface area contributed by atoms with Gasteiger partial charge in [0.1, 0.15) is 12.4 Å². The summed E-state index contributed by atoms with van der Waals surface area (Å²) in [6.07, 6.45) is 1.75. The van der Waals surface area contributed by atoms with E-state index in [1.807, 2.05) is 55.5 Å². The Hall–Kier alpha value is -3.42. The van der Waals surface area contributed by atoms with Crippen LogP contribution in [0.4, 0.5) is 5.69 Å². The maximum absolute atomic E-state index is 13.1. The molecule has 1 aliphatic heterocycles. The second-order valence-corrected chi connectivity index (χ2v) is 8.86. The second kappa shape index (κ2) is 9.38. The standard InChI is InChI=1S/C25H19NO4S2/c1-16-9-11-17(12-10-16)15-30-21-8-3-2-5-18(21)14-22-23(27)26(25(31)32-22)20-7-4-6-19(13-20)24(28)29/h2-14H,15H2,1H3,(H,28,29)/b22-14+. The molecule has 0 bridgehead atoms. The van der Waals surface area contributed by atoms with E-state index in [1.165, 1.54) is 34.4 Å². The fourth-order valence-corrected chi connectivity index (χ4v) is 4.48. The van der Waals surface area contributed by atoms with Crippen molar-refractivity contribution in [1.29, 1.82) is 0 Å². The van der Waals surface area contributed by atoms with E-state index in [4.69, 9.17) is 17.0 Å². The topological polar surface area (TPSA) is 66.8 Å². The van der Waals surface area contributed by atoms with Crippen molar-refractivity contribution in [3.8, 4) is 5.75 Å². The molecule has 0 atom stereocenters. The Bertz CT molecular complexity index is 1230. The number of thiocarbonyl (C=S) groups is 1. The zero-order valence-electron chi connectivity index (χ0n) is 17.1.